The summed E-state index contributed by atoms with van der Waals surface area (Å²) in [7, 11) is 0. The van der Waals surface area contributed by atoms with Crippen LogP contribution in [0, 0.1) is 13.8 Å². The summed E-state index contributed by atoms with van der Waals surface area (Å²) in [5, 5.41) is 13.6. The lowest BCUT2D eigenvalue weighted by molar-refractivity contribution is 0.454. The van der Waals surface area contributed by atoms with Gasteiger partial charge >= 0.3 is 0 Å². The molecule has 1 aliphatic rings. The standard InChI is InChI=1S/C13H18ClNO/c1-8-7-11(9(2)12(14)13(8)16)10-3-5-15-6-4-10/h7,10,15-16H,3-6H2,1-2H3. The molecule has 2 nitrogen and oxygen atoms in total. The van der Waals surface area contributed by atoms with Gasteiger partial charge in [0.2, 0.25) is 0 Å². The van der Waals surface area contributed by atoms with Crippen LogP contribution in [-0.2, 0) is 0 Å². The highest BCUT2D eigenvalue weighted by Crippen LogP contribution is 2.38. The van der Waals surface area contributed by atoms with E-state index in [-0.39, 0.29) is 5.75 Å². The van der Waals surface area contributed by atoms with Crippen LogP contribution in [0.25, 0.3) is 0 Å². The number of hydrogen-bond acceptors (Lipinski definition) is 2. The lowest BCUT2D eigenvalue weighted by Crippen LogP contribution is -2.27. The van der Waals surface area contributed by atoms with Crippen LogP contribution in [0.5, 0.6) is 5.75 Å². The average molecular weight is 240 g/mol. The quantitative estimate of drug-likeness (QED) is 0.789. The molecule has 1 saturated heterocycles. The van der Waals surface area contributed by atoms with Crippen LogP contribution in [0.1, 0.15) is 35.4 Å². The zero-order valence-electron chi connectivity index (χ0n) is 9.81. The Kier molecular flexibility index (Phi) is 3.41. The Hall–Kier alpha value is -0.730. The maximum atomic E-state index is 9.77. The van der Waals surface area contributed by atoms with Gasteiger partial charge in [0.15, 0.2) is 0 Å². The van der Waals surface area contributed by atoms with Gasteiger partial charge in [-0.2, -0.15) is 0 Å². The summed E-state index contributed by atoms with van der Waals surface area (Å²) in [4.78, 5) is 0. The normalized spacial score (nSPS) is 17.7. The molecule has 0 bridgehead atoms. The molecule has 0 spiro atoms. The SMILES string of the molecule is Cc1cc(C2CCNCC2)c(C)c(Cl)c1O. The van der Waals surface area contributed by atoms with E-state index in [9.17, 15) is 5.11 Å². The first kappa shape index (κ1) is 11.7. The molecule has 2 rings (SSSR count). The third-order valence-electron chi connectivity index (χ3n) is 3.49. The minimum Gasteiger partial charge on any atom is -0.506 e. The van der Waals surface area contributed by atoms with E-state index in [1.54, 1.807) is 0 Å². The highest BCUT2D eigenvalue weighted by molar-refractivity contribution is 6.33. The van der Waals surface area contributed by atoms with Gasteiger partial charge < -0.3 is 10.4 Å². The predicted molar refractivity (Wildman–Crippen MR) is 67.4 cm³/mol. The molecule has 1 aliphatic heterocycles. The van der Waals surface area contributed by atoms with Crippen molar-refractivity contribution in [2.75, 3.05) is 13.1 Å². The molecule has 1 fully saturated rings. The summed E-state index contributed by atoms with van der Waals surface area (Å²) in [5.41, 5.74) is 3.22. The first-order valence-electron chi connectivity index (χ1n) is 5.80. The Morgan fingerprint density at radius 2 is 1.94 bits per heavy atom. The molecular weight excluding hydrogens is 222 g/mol. The van der Waals surface area contributed by atoms with Gasteiger partial charge in [-0.3, -0.25) is 0 Å². The fourth-order valence-corrected chi connectivity index (χ4v) is 2.70. The van der Waals surface area contributed by atoms with Crippen molar-refractivity contribution in [3.8, 4) is 5.75 Å². The van der Waals surface area contributed by atoms with Gasteiger partial charge in [0.1, 0.15) is 5.75 Å². The van der Waals surface area contributed by atoms with E-state index in [0.29, 0.717) is 10.9 Å². The minimum atomic E-state index is 0.233. The van der Waals surface area contributed by atoms with Crippen LogP contribution in [0.2, 0.25) is 5.02 Å². The van der Waals surface area contributed by atoms with Crippen molar-refractivity contribution in [2.45, 2.75) is 32.6 Å². The average Bonchev–Trinajstić information content (AvgIpc) is 2.32. The second-order valence-corrected chi connectivity index (χ2v) is 4.97. The smallest absolute Gasteiger partial charge is 0.137 e. The molecule has 0 aliphatic carbocycles. The van der Waals surface area contributed by atoms with E-state index in [2.05, 4.69) is 11.4 Å². The number of aromatic hydroxyl groups is 1. The Bertz CT molecular complexity index is 397. The van der Waals surface area contributed by atoms with Crippen LogP contribution in [-0.4, -0.2) is 18.2 Å². The maximum absolute atomic E-state index is 9.77. The van der Waals surface area contributed by atoms with Crippen molar-refractivity contribution in [1.82, 2.24) is 5.32 Å². The Labute approximate surface area is 102 Å². The molecule has 1 aromatic rings. The highest BCUT2D eigenvalue weighted by atomic mass is 35.5. The number of phenolic OH excluding ortho intramolecular Hbond substituents is 1. The molecular formula is C13H18ClNO. The van der Waals surface area contributed by atoms with Gasteiger partial charge in [-0.15, -0.1) is 0 Å². The highest BCUT2D eigenvalue weighted by Gasteiger charge is 2.20. The fourth-order valence-electron chi connectivity index (χ4n) is 2.44. The molecule has 88 valence electrons. The van der Waals surface area contributed by atoms with Gasteiger partial charge in [-0.25, -0.2) is 0 Å². The molecule has 0 radical (unpaired) electrons. The topological polar surface area (TPSA) is 32.3 Å². The summed E-state index contributed by atoms with van der Waals surface area (Å²) in [6.45, 7) is 6.05. The largest absolute Gasteiger partial charge is 0.506 e. The van der Waals surface area contributed by atoms with E-state index in [0.717, 1.165) is 37.1 Å². The molecule has 0 aromatic heterocycles. The van der Waals surface area contributed by atoms with Crippen molar-refractivity contribution < 1.29 is 5.11 Å². The van der Waals surface area contributed by atoms with Gasteiger partial charge in [0, 0.05) is 0 Å². The first-order valence-corrected chi connectivity index (χ1v) is 6.18. The number of rotatable bonds is 1. The Balaban J connectivity index is 2.40. The molecule has 0 atom stereocenters. The molecule has 0 saturated carbocycles. The van der Waals surface area contributed by atoms with Crippen LogP contribution in [0.3, 0.4) is 0 Å². The Morgan fingerprint density at radius 3 is 2.56 bits per heavy atom. The van der Waals surface area contributed by atoms with Crippen molar-refractivity contribution in [3.05, 3.63) is 27.8 Å². The summed E-state index contributed by atoms with van der Waals surface area (Å²) in [6.07, 6.45) is 2.31. The zero-order valence-corrected chi connectivity index (χ0v) is 10.6. The molecule has 1 aromatic carbocycles. The Morgan fingerprint density at radius 1 is 1.31 bits per heavy atom. The van der Waals surface area contributed by atoms with Crippen LogP contribution in [0.4, 0.5) is 0 Å². The van der Waals surface area contributed by atoms with E-state index in [4.69, 9.17) is 11.6 Å². The molecule has 1 heterocycles. The second kappa shape index (κ2) is 4.64. The lowest BCUT2D eigenvalue weighted by Gasteiger charge is -2.25. The minimum absolute atomic E-state index is 0.233. The summed E-state index contributed by atoms with van der Waals surface area (Å²) >= 11 is 6.14. The predicted octanol–water partition coefficient (Wildman–Crippen LogP) is 3.13. The van der Waals surface area contributed by atoms with Gasteiger partial charge in [0.25, 0.3) is 0 Å². The van der Waals surface area contributed by atoms with E-state index in [1.807, 2.05) is 13.8 Å². The van der Waals surface area contributed by atoms with E-state index >= 15 is 0 Å². The number of aryl methyl sites for hydroxylation is 1. The zero-order chi connectivity index (χ0) is 11.7. The third kappa shape index (κ3) is 2.04. The van der Waals surface area contributed by atoms with Crippen LogP contribution >= 0.6 is 11.6 Å². The number of benzene rings is 1. The second-order valence-electron chi connectivity index (χ2n) is 4.59. The van der Waals surface area contributed by atoms with Crippen molar-refractivity contribution in [2.24, 2.45) is 0 Å². The van der Waals surface area contributed by atoms with E-state index < -0.39 is 0 Å². The number of piperidine rings is 1. The summed E-state index contributed by atoms with van der Waals surface area (Å²) in [6, 6.07) is 2.09. The molecule has 0 amide bonds. The maximum Gasteiger partial charge on any atom is 0.137 e. The van der Waals surface area contributed by atoms with Crippen molar-refractivity contribution >= 4 is 11.6 Å². The third-order valence-corrected chi connectivity index (χ3v) is 3.96. The number of hydrogen-bond donors (Lipinski definition) is 2. The lowest BCUT2D eigenvalue weighted by atomic mass is 9.86. The summed E-state index contributed by atoms with van der Waals surface area (Å²) < 4.78 is 0. The monoisotopic (exact) mass is 239 g/mol. The number of halogens is 1. The summed E-state index contributed by atoms with van der Waals surface area (Å²) in [5.74, 6) is 0.815. The molecule has 16 heavy (non-hydrogen) atoms. The van der Waals surface area contributed by atoms with Gasteiger partial charge in [-0.05, 0) is 62.4 Å². The van der Waals surface area contributed by atoms with Crippen molar-refractivity contribution in [1.29, 1.82) is 0 Å². The number of nitrogens with one attached hydrogen (secondary N) is 1. The van der Waals surface area contributed by atoms with E-state index in [1.165, 1.54) is 5.56 Å². The molecule has 2 N–H and O–H groups in total. The molecule has 3 heteroatoms. The first-order chi connectivity index (χ1) is 7.61. The van der Waals surface area contributed by atoms with Gasteiger partial charge in [0.05, 0.1) is 5.02 Å². The molecule has 0 unspecified atom stereocenters. The van der Waals surface area contributed by atoms with Crippen molar-refractivity contribution in [3.63, 3.8) is 0 Å². The number of phenols is 1. The van der Waals surface area contributed by atoms with Crippen LogP contribution < -0.4 is 5.32 Å². The fraction of sp³-hybridized carbons (Fsp3) is 0.538. The van der Waals surface area contributed by atoms with Crippen LogP contribution in [0.15, 0.2) is 6.07 Å². The van der Waals surface area contributed by atoms with Gasteiger partial charge in [-0.1, -0.05) is 17.7 Å².